The molecule has 3 aromatic rings. The normalized spacial score (nSPS) is 20.2. The maximum absolute atomic E-state index is 13.0. The Morgan fingerprint density at radius 3 is 2.68 bits per heavy atom. The van der Waals surface area contributed by atoms with Crippen molar-refractivity contribution in [1.82, 2.24) is 20.1 Å². The number of amides is 1. The molecular formula is C22H28N4O2. The van der Waals surface area contributed by atoms with Crippen LogP contribution in [0.4, 0.5) is 0 Å². The molecule has 0 saturated heterocycles. The summed E-state index contributed by atoms with van der Waals surface area (Å²) in [6, 6.07) is 4.11. The Morgan fingerprint density at radius 2 is 2.04 bits per heavy atom. The molecule has 0 bridgehead atoms. The van der Waals surface area contributed by atoms with Gasteiger partial charge >= 0.3 is 0 Å². The maximum Gasteiger partial charge on any atom is 0.225 e. The molecule has 2 heterocycles. The Labute approximate surface area is 165 Å². The molecule has 1 atom stereocenters. The van der Waals surface area contributed by atoms with Crippen molar-refractivity contribution in [2.24, 2.45) is 13.0 Å². The summed E-state index contributed by atoms with van der Waals surface area (Å²) in [5.41, 5.74) is 6.58. The zero-order valence-electron chi connectivity index (χ0n) is 16.9. The third kappa shape index (κ3) is 3.33. The van der Waals surface area contributed by atoms with Gasteiger partial charge in [-0.3, -0.25) is 9.48 Å². The van der Waals surface area contributed by atoms with Crippen LogP contribution in [0.5, 0.6) is 0 Å². The second-order valence-corrected chi connectivity index (χ2v) is 8.23. The Bertz CT molecular complexity index is 1030. The Kier molecular flexibility index (Phi) is 4.75. The van der Waals surface area contributed by atoms with Gasteiger partial charge in [-0.2, -0.15) is 5.10 Å². The standard InChI is InChI=1S/C22H28N4O2/c1-12-5-6-13(2)21-20(12)18(14(3)24-21)9-19(28)25-22(15-7-17(27)8-15)16-10-23-26(4)11-16/h5-6,10-11,15,17,22,24,27H,7-9H2,1-4H3,(H,25,28). The van der Waals surface area contributed by atoms with Gasteiger partial charge in [0.1, 0.15) is 0 Å². The van der Waals surface area contributed by atoms with Crippen LogP contribution in [-0.2, 0) is 18.3 Å². The quantitative estimate of drug-likeness (QED) is 0.636. The zero-order chi connectivity index (χ0) is 20.0. The van der Waals surface area contributed by atoms with Crippen LogP contribution in [0.25, 0.3) is 10.9 Å². The highest BCUT2D eigenvalue weighted by atomic mass is 16.3. The van der Waals surface area contributed by atoms with Gasteiger partial charge in [0.15, 0.2) is 0 Å². The SMILES string of the molecule is Cc1[nH]c2c(C)ccc(C)c2c1CC(=O)NC(c1cnn(C)c1)C1CC(O)C1. The van der Waals surface area contributed by atoms with Crippen molar-refractivity contribution >= 4 is 16.8 Å². The van der Waals surface area contributed by atoms with Gasteiger partial charge in [-0.05, 0) is 56.2 Å². The summed E-state index contributed by atoms with van der Waals surface area (Å²) in [7, 11) is 1.87. The van der Waals surface area contributed by atoms with E-state index in [-0.39, 0.29) is 24.0 Å². The second kappa shape index (κ2) is 7.09. The minimum Gasteiger partial charge on any atom is -0.393 e. The van der Waals surface area contributed by atoms with Crippen LogP contribution in [0.1, 0.15) is 46.8 Å². The highest BCUT2D eigenvalue weighted by Crippen LogP contribution is 2.38. The molecule has 1 unspecified atom stereocenters. The van der Waals surface area contributed by atoms with Crippen molar-refractivity contribution in [1.29, 1.82) is 0 Å². The molecule has 2 aromatic heterocycles. The van der Waals surface area contributed by atoms with Crippen molar-refractivity contribution in [3.63, 3.8) is 0 Å². The smallest absolute Gasteiger partial charge is 0.225 e. The van der Waals surface area contributed by atoms with Crippen LogP contribution in [0, 0.1) is 26.7 Å². The van der Waals surface area contributed by atoms with Crippen molar-refractivity contribution in [3.05, 3.63) is 52.5 Å². The predicted octanol–water partition coefficient (Wildman–Crippen LogP) is 3.00. The number of H-pyrrole nitrogens is 1. The molecule has 1 saturated carbocycles. The molecule has 0 spiro atoms. The van der Waals surface area contributed by atoms with Crippen molar-refractivity contribution in [3.8, 4) is 0 Å². The molecule has 1 aliphatic rings. The number of aliphatic hydroxyl groups excluding tert-OH is 1. The molecule has 1 aromatic carbocycles. The van der Waals surface area contributed by atoms with Crippen LogP contribution < -0.4 is 5.32 Å². The average Bonchev–Trinajstić information content (AvgIpc) is 3.18. The number of aryl methyl sites for hydroxylation is 4. The molecule has 3 N–H and O–H groups in total. The third-order valence-corrected chi connectivity index (χ3v) is 6.05. The third-order valence-electron chi connectivity index (χ3n) is 6.05. The Hall–Kier alpha value is -2.60. The monoisotopic (exact) mass is 380 g/mol. The topological polar surface area (TPSA) is 82.9 Å². The number of hydrogen-bond donors (Lipinski definition) is 3. The van der Waals surface area contributed by atoms with E-state index in [1.54, 1.807) is 10.9 Å². The zero-order valence-corrected chi connectivity index (χ0v) is 16.9. The van der Waals surface area contributed by atoms with Gasteiger partial charge in [-0.25, -0.2) is 0 Å². The van der Waals surface area contributed by atoms with E-state index in [1.165, 1.54) is 11.1 Å². The minimum absolute atomic E-state index is 0.000138. The van der Waals surface area contributed by atoms with Crippen LogP contribution >= 0.6 is 0 Å². The first-order valence-corrected chi connectivity index (χ1v) is 9.86. The van der Waals surface area contributed by atoms with E-state index < -0.39 is 0 Å². The number of aromatic amines is 1. The largest absolute Gasteiger partial charge is 0.393 e. The van der Waals surface area contributed by atoms with E-state index in [4.69, 9.17) is 0 Å². The number of nitrogens with one attached hydrogen (secondary N) is 2. The first kappa shape index (κ1) is 18.7. The number of aromatic nitrogens is 3. The van der Waals surface area contributed by atoms with Crippen LogP contribution in [0.15, 0.2) is 24.5 Å². The molecule has 6 nitrogen and oxygen atoms in total. The van der Waals surface area contributed by atoms with E-state index in [0.29, 0.717) is 19.3 Å². The molecular weight excluding hydrogens is 352 g/mol. The lowest BCUT2D eigenvalue weighted by Gasteiger charge is -2.37. The van der Waals surface area contributed by atoms with Gasteiger partial charge in [0.25, 0.3) is 0 Å². The summed E-state index contributed by atoms with van der Waals surface area (Å²) in [4.78, 5) is 16.5. The summed E-state index contributed by atoms with van der Waals surface area (Å²) in [6.45, 7) is 6.20. The van der Waals surface area contributed by atoms with Gasteiger partial charge in [0.05, 0.1) is 24.8 Å². The van der Waals surface area contributed by atoms with Crippen molar-refractivity contribution in [2.75, 3.05) is 0 Å². The van der Waals surface area contributed by atoms with Gasteiger partial charge in [0.2, 0.25) is 5.91 Å². The number of nitrogens with zero attached hydrogens (tertiary/aromatic N) is 2. The number of hydrogen-bond acceptors (Lipinski definition) is 3. The molecule has 1 fully saturated rings. The molecule has 1 amide bonds. The van der Waals surface area contributed by atoms with Gasteiger partial charge < -0.3 is 15.4 Å². The lowest BCUT2D eigenvalue weighted by Crippen LogP contribution is -2.41. The summed E-state index contributed by atoms with van der Waals surface area (Å²) in [5.74, 6) is 0.247. The van der Waals surface area contributed by atoms with Gasteiger partial charge in [0, 0.05) is 35.4 Å². The number of aliphatic hydroxyl groups is 1. The maximum atomic E-state index is 13.0. The average molecular weight is 380 g/mol. The number of rotatable bonds is 5. The van der Waals surface area contributed by atoms with E-state index in [2.05, 4.69) is 41.4 Å². The summed E-state index contributed by atoms with van der Waals surface area (Å²) < 4.78 is 1.75. The molecule has 28 heavy (non-hydrogen) atoms. The van der Waals surface area contributed by atoms with Crippen LogP contribution in [0.3, 0.4) is 0 Å². The van der Waals surface area contributed by atoms with E-state index in [0.717, 1.165) is 27.7 Å². The molecule has 6 heteroatoms. The molecule has 4 rings (SSSR count). The highest BCUT2D eigenvalue weighted by molar-refractivity contribution is 5.94. The van der Waals surface area contributed by atoms with Crippen molar-refractivity contribution < 1.29 is 9.90 Å². The number of benzene rings is 1. The van der Waals surface area contributed by atoms with Crippen molar-refractivity contribution in [2.45, 2.75) is 52.2 Å². The summed E-state index contributed by atoms with van der Waals surface area (Å²) in [5, 5.41) is 18.4. The molecule has 0 radical (unpaired) electrons. The van der Waals surface area contributed by atoms with E-state index >= 15 is 0 Å². The summed E-state index contributed by atoms with van der Waals surface area (Å²) >= 11 is 0. The van der Waals surface area contributed by atoms with E-state index in [1.807, 2.05) is 20.2 Å². The van der Waals surface area contributed by atoms with Gasteiger partial charge in [-0.1, -0.05) is 12.1 Å². The van der Waals surface area contributed by atoms with E-state index in [9.17, 15) is 9.90 Å². The molecule has 1 aliphatic carbocycles. The lowest BCUT2D eigenvalue weighted by molar-refractivity contribution is -0.122. The Morgan fingerprint density at radius 1 is 1.32 bits per heavy atom. The predicted molar refractivity (Wildman–Crippen MR) is 109 cm³/mol. The first-order chi connectivity index (χ1) is 13.3. The van der Waals surface area contributed by atoms with Crippen LogP contribution in [0.2, 0.25) is 0 Å². The fourth-order valence-electron chi connectivity index (χ4n) is 4.39. The number of carbonyl (C=O) groups excluding carboxylic acids is 1. The van der Waals surface area contributed by atoms with Gasteiger partial charge in [-0.15, -0.1) is 0 Å². The second-order valence-electron chi connectivity index (χ2n) is 8.23. The Balaban J connectivity index is 1.58. The number of carbonyl (C=O) groups is 1. The first-order valence-electron chi connectivity index (χ1n) is 9.86. The highest BCUT2D eigenvalue weighted by Gasteiger charge is 2.36. The lowest BCUT2D eigenvalue weighted by atomic mass is 9.75. The fourth-order valence-corrected chi connectivity index (χ4v) is 4.39. The minimum atomic E-state index is -0.262. The summed E-state index contributed by atoms with van der Waals surface area (Å²) in [6.07, 6.45) is 5.25. The van der Waals surface area contributed by atoms with Crippen LogP contribution in [-0.4, -0.2) is 31.9 Å². The number of fused-ring (bicyclic) bond motifs is 1. The fraction of sp³-hybridized carbons (Fsp3) is 0.455. The molecule has 0 aliphatic heterocycles. The molecule has 148 valence electrons.